The van der Waals surface area contributed by atoms with Gasteiger partial charge in [0.05, 0.1) is 14.2 Å². The monoisotopic (exact) mass is 281 g/mol. The number of ether oxygens (including phenoxy) is 2. The first-order valence-corrected chi connectivity index (χ1v) is 6.26. The quantitative estimate of drug-likeness (QED) is 0.822. The van der Waals surface area contributed by atoms with Crippen LogP contribution < -0.4 is 9.47 Å². The molecule has 1 aromatic carbocycles. The molecule has 1 N–H and O–H groups in total. The summed E-state index contributed by atoms with van der Waals surface area (Å²) < 4.78 is 10.2. The maximum atomic E-state index is 12.4. The van der Waals surface area contributed by atoms with Gasteiger partial charge in [-0.2, -0.15) is 0 Å². The number of carbonyl (C=O) groups excluding carboxylic acids is 1. The second kappa shape index (κ2) is 7.37. The lowest BCUT2D eigenvalue weighted by molar-refractivity contribution is -0.137. The standard InChI is InChI=1S/C14H19NO5/c1-4-5-15(9-13(16)17)14(18)10-6-11(19-2)8-12(7-10)20-3/h6-8H,4-5,9H2,1-3H3,(H,16,17). The van der Waals surface area contributed by atoms with Gasteiger partial charge < -0.3 is 19.5 Å². The normalized spacial score (nSPS) is 9.95. The van der Waals surface area contributed by atoms with Crippen LogP contribution in [0.3, 0.4) is 0 Å². The zero-order valence-corrected chi connectivity index (χ0v) is 11.9. The van der Waals surface area contributed by atoms with E-state index in [0.717, 1.165) is 0 Å². The molecule has 0 radical (unpaired) electrons. The molecular weight excluding hydrogens is 262 g/mol. The molecule has 0 aliphatic heterocycles. The van der Waals surface area contributed by atoms with Crippen molar-refractivity contribution in [3.63, 3.8) is 0 Å². The summed E-state index contributed by atoms with van der Waals surface area (Å²) in [5.41, 5.74) is 0.343. The second-order valence-electron chi connectivity index (χ2n) is 4.22. The average molecular weight is 281 g/mol. The first-order chi connectivity index (χ1) is 9.51. The molecule has 0 fully saturated rings. The maximum absolute atomic E-state index is 12.4. The Morgan fingerprint density at radius 3 is 2.10 bits per heavy atom. The fourth-order valence-corrected chi connectivity index (χ4v) is 1.80. The number of amides is 1. The van der Waals surface area contributed by atoms with Crippen LogP contribution in [0, 0.1) is 0 Å². The van der Waals surface area contributed by atoms with Gasteiger partial charge in [-0.15, -0.1) is 0 Å². The van der Waals surface area contributed by atoms with Gasteiger partial charge in [-0.3, -0.25) is 9.59 Å². The van der Waals surface area contributed by atoms with Crippen molar-refractivity contribution in [2.45, 2.75) is 13.3 Å². The summed E-state index contributed by atoms with van der Waals surface area (Å²) >= 11 is 0. The van der Waals surface area contributed by atoms with Gasteiger partial charge in [-0.05, 0) is 18.6 Å². The van der Waals surface area contributed by atoms with Crippen molar-refractivity contribution in [1.82, 2.24) is 4.90 Å². The van der Waals surface area contributed by atoms with Crippen LogP contribution in [0.25, 0.3) is 0 Å². The van der Waals surface area contributed by atoms with Crippen molar-refractivity contribution in [3.8, 4) is 11.5 Å². The van der Waals surface area contributed by atoms with Gasteiger partial charge in [0, 0.05) is 18.2 Å². The van der Waals surface area contributed by atoms with Crippen molar-refractivity contribution in [2.75, 3.05) is 27.3 Å². The Morgan fingerprint density at radius 2 is 1.70 bits per heavy atom. The van der Waals surface area contributed by atoms with Crippen molar-refractivity contribution < 1.29 is 24.2 Å². The highest BCUT2D eigenvalue weighted by atomic mass is 16.5. The summed E-state index contributed by atoms with van der Waals surface area (Å²) in [6, 6.07) is 4.78. The van der Waals surface area contributed by atoms with Gasteiger partial charge in [0.25, 0.3) is 5.91 Å². The highest BCUT2D eigenvalue weighted by Gasteiger charge is 2.19. The molecule has 0 bridgehead atoms. The third-order valence-corrected chi connectivity index (χ3v) is 2.71. The fraction of sp³-hybridized carbons (Fsp3) is 0.429. The summed E-state index contributed by atoms with van der Waals surface area (Å²) in [4.78, 5) is 24.5. The third kappa shape index (κ3) is 4.15. The van der Waals surface area contributed by atoms with Gasteiger partial charge in [-0.1, -0.05) is 6.92 Å². The predicted octanol–water partition coefficient (Wildman–Crippen LogP) is 1.64. The van der Waals surface area contributed by atoms with E-state index in [9.17, 15) is 9.59 Å². The second-order valence-corrected chi connectivity index (χ2v) is 4.22. The molecule has 0 saturated carbocycles. The van der Waals surface area contributed by atoms with E-state index >= 15 is 0 Å². The van der Waals surface area contributed by atoms with E-state index in [1.807, 2.05) is 6.92 Å². The molecule has 1 rings (SSSR count). The van der Waals surface area contributed by atoms with E-state index in [1.165, 1.54) is 19.1 Å². The Morgan fingerprint density at radius 1 is 1.15 bits per heavy atom. The zero-order chi connectivity index (χ0) is 15.1. The number of carboxylic acids is 1. The number of rotatable bonds is 7. The molecule has 6 heteroatoms. The van der Waals surface area contributed by atoms with Crippen LogP contribution in [0.15, 0.2) is 18.2 Å². The van der Waals surface area contributed by atoms with Crippen molar-refractivity contribution >= 4 is 11.9 Å². The van der Waals surface area contributed by atoms with Gasteiger partial charge in [0.2, 0.25) is 0 Å². The largest absolute Gasteiger partial charge is 0.497 e. The lowest BCUT2D eigenvalue weighted by Crippen LogP contribution is -2.36. The summed E-state index contributed by atoms with van der Waals surface area (Å²) in [5, 5.41) is 8.86. The number of carbonyl (C=O) groups is 2. The first-order valence-electron chi connectivity index (χ1n) is 6.26. The lowest BCUT2D eigenvalue weighted by Gasteiger charge is -2.20. The van der Waals surface area contributed by atoms with Crippen molar-refractivity contribution in [3.05, 3.63) is 23.8 Å². The molecule has 20 heavy (non-hydrogen) atoms. The minimum absolute atomic E-state index is 0.327. The molecule has 0 saturated heterocycles. The first kappa shape index (κ1) is 15.8. The van der Waals surface area contributed by atoms with E-state index < -0.39 is 5.97 Å². The van der Waals surface area contributed by atoms with Crippen molar-refractivity contribution in [2.24, 2.45) is 0 Å². The molecule has 1 amide bonds. The SMILES string of the molecule is CCCN(CC(=O)O)C(=O)c1cc(OC)cc(OC)c1. The Balaban J connectivity index is 3.06. The molecule has 1 aromatic rings. The number of aliphatic carboxylic acids is 1. The van der Waals surface area contributed by atoms with Crippen LogP contribution in [0.2, 0.25) is 0 Å². The minimum Gasteiger partial charge on any atom is -0.497 e. The Labute approximate surface area is 117 Å². The molecule has 0 aliphatic rings. The Kier molecular flexibility index (Phi) is 5.83. The molecule has 0 spiro atoms. The zero-order valence-electron chi connectivity index (χ0n) is 11.9. The number of benzene rings is 1. The van der Waals surface area contributed by atoms with Crippen LogP contribution in [-0.4, -0.2) is 49.2 Å². The smallest absolute Gasteiger partial charge is 0.323 e. The molecule has 0 atom stereocenters. The average Bonchev–Trinajstić information content (AvgIpc) is 2.44. The molecule has 0 aliphatic carbocycles. The van der Waals surface area contributed by atoms with E-state index in [-0.39, 0.29) is 12.5 Å². The van der Waals surface area contributed by atoms with Crippen LogP contribution in [0.4, 0.5) is 0 Å². The Bertz CT molecular complexity index is 464. The molecule has 0 heterocycles. The van der Waals surface area contributed by atoms with Crippen LogP contribution >= 0.6 is 0 Å². The summed E-state index contributed by atoms with van der Waals surface area (Å²) in [6.45, 7) is 1.94. The molecule has 110 valence electrons. The number of hydrogen-bond acceptors (Lipinski definition) is 4. The van der Waals surface area contributed by atoms with Crippen molar-refractivity contribution in [1.29, 1.82) is 0 Å². The van der Waals surface area contributed by atoms with Crippen LogP contribution in [-0.2, 0) is 4.79 Å². The van der Waals surface area contributed by atoms with E-state index in [0.29, 0.717) is 30.0 Å². The highest BCUT2D eigenvalue weighted by Crippen LogP contribution is 2.23. The summed E-state index contributed by atoms with van der Waals surface area (Å²) in [6.07, 6.45) is 0.681. The van der Waals surface area contributed by atoms with E-state index in [4.69, 9.17) is 14.6 Å². The topological polar surface area (TPSA) is 76.1 Å². The predicted molar refractivity (Wildman–Crippen MR) is 73.4 cm³/mol. The third-order valence-electron chi connectivity index (χ3n) is 2.71. The summed E-state index contributed by atoms with van der Waals surface area (Å²) in [5.74, 6) is -0.424. The molecular formula is C14H19NO5. The maximum Gasteiger partial charge on any atom is 0.323 e. The van der Waals surface area contributed by atoms with E-state index in [2.05, 4.69) is 0 Å². The van der Waals surface area contributed by atoms with Gasteiger partial charge >= 0.3 is 5.97 Å². The van der Waals surface area contributed by atoms with Crippen LogP contribution in [0.1, 0.15) is 23.7 Å². The lowest BCUT2D eigenvalue weighted by atomic mass is 10.1. The van der Waals surface area contributed by atoms with Gasteiger partial charge in [0.15, 0.2) is 0 Å². The number of hydrogen-bond donors (Lipinski definition) is 1. The van der Waals surface area contributed by atoms with E-state index in [1.54, 1.807) is 18.2 Å². The number of nitrogens with zero attached hydrogens (tertiary/aromatic N) is 1. The fourth-order valence-electron chi connectivity index (χ4n) is 1.80. The molecule has 0 unspecified atom stereocenters. The van der Waals surface area contributed by atoms with Gasteiger partial charge in [-0.25, -0.2) is 0 Å². The number of methoxy groups -OCH3 is 2. The molecule has 6 nitrogen and oxygen atoms in total. The molecule has 0 aromatic heterocycles. The minimum atomic E-state index is -1.04. The Hall–Kier alpha value is -2.24. The summed E-state index contributed by atoms with van der Waals surface area (Å²) in [7, 11) is 2.98. The number of carboxylic acid groups (broad SMARTS) is 1. The van der Waals surface area contributed by atoms with Crippen LogP contribution in [0.5, 0.6) is 11.5 Å². The highest BCUT2D eigenvalue weighted by molar-refractivity contribution is 5.96. The van der Waals surface area contributed by atoms with Gasteiger partial charge in [0.1, 0.15) is 18.0 Å².